The summed E-state index contributed by atoms with van der Waals surface area (Å²) in [5.74, 6) is -0.873. The van der Waals surface area contributed by atoms with Crippen molar-refractivity contribution in [1.82, 2.24) is 9.29 Å². The van der Waals surface area contributed by atoms with E-state index in [1.807, 2.05) is 44.2 Å². The number of methoxy groups -OCH3 is 1. The van der Waals surface area contributed by atoms with Crippen LogP contribution in [0.4, 0.5) is 5.13 Å². The zero-order valence-corrected chi connectivity index (χ0v) is 21.6. The maximum Gasteiger partial charge on any atom is 0.337 e. The van der Waals surface area contributed by atoms with E-state index in [4.69, 9.17) is 4.74 Å². The van der Waals surface area contributed by atoms with Gasteiger partial charge in [0.25, 0.3) is 5.91 Å². The fourth-order valence-corrected chi connectivity index (χ4v) is 6.14. The van der Waals surface area contributed by atoms with E-state index in [2.05, 4.69) is 10.3 Å². The zero-order valence-electron chi connectivity index (χ0n) is 20.0. The smallest absolute Gasteiger partial charge is 0.337 e. The van der Waals surface area contributed by atoms with Crippen molar-refractivity contribution in [2.45, 2.75) is 31.3 Å². The molecule has 8 nitrogen and oxygen atoms in total. The highest BCUT2D eigenvalue weighted by atomic mass is 32.2. The summed E-state index contributed by atoms with van der Waals surface area (Å²) in [6.45, 7) is 3.90. The molecule has 0 radical (unpaired) electrons. The lowest BCUT2D eigenvalue weighted by Crippen LogP contribution is -2.36. The lowest BCUT2D eigenvalue weighted by molar-refractivity contribution is 0.0600. The molecule has 0 spiro atoms. The van der Waals surface area contributed by atoms with Crippen molar-refractivity contribution in [2.24, 2.45) is 0 Å². The SMILES string of the molecule is COC(=O)c1ccc2nc(NC(=O)c3ccc(S(=O)(=O)N(Cc4ccccc4)C(C)C)cc3)sc2c1. The van der Waals surface area contributed by atoms with Crippen molar-refractivity contribution >= 4 is 48.6 Å². The number of hydrogen-bond donors (Lipinski definition) is 1. The molecule has 1 aromatic heterocycles. The molecule has 0 saturated carbocycles. The van der Waals surface area contributed by atoms with E-state index < -0.39 is 21.9 Å². The highest BCUT2D eigenvalue weighted by Crippen LogP contribution is 2.28. The minimum absolute atomic E-state index is 0.110. The van der Waals surface area contributed by atoms with E-state index in [0.29, 0.717) is 21.8 Å². The molecule has 3 aromatic carbocycles. The molecule has 0 unspecified atom stereocenters. The molecule has 1 amide bonds. The summed E-state index contributed by atoms with van der Waals surface area (Å²) in [4.78, 5) is 29.0. The third-order valence-electron chi connectivity index (χ3n) is 5.51. The Bertz CT molecular complexity index is 1500. The second-order valence-electron chi connectivity index (χ2n) is 8.30. The van der Waals surface area contributed by atoms with Gasteiger partial charge in [-0.1, -0.05) is 41.7 Å². The number of benzene rings is 3. The van der Waals surface area contributed by atoms with Crippen LogP contribution < -0.4 is 5.32 Å². The molecule has 1 heterocycles. The molecular weight excluding hydrogens is 498 g/mol. The molecule has 4 aromatic rings. The maximum absolute atomic E-state index is 13.3. The van der Waals surface area contributed by atoms with Crippen LogP contribution in [0, 0.1) is 0 Å². The highest BCUT2D eigenvalue weighted by Gasteiger charge is 2.27. The molecule has 0 atom stereocenters. The van der Waals surface area contributed by atoms with Gasteiger partial charge < -0.3 is 4.74 Å². The summed E-state index contributed by atoms with van der Waals surface area (Å²) in [6, 6.07) is 19.9. The number of nitrogens with zero attached hydrogens (tertiary/aromatic N) is 2. The summed E-state index contributed by atoms with van der Waals surface area (Å²) in [6.07, 6.45) is 0. The van der Waals surface area contributed by atoms with Crippen molar-refractivity contribution in [2.75, 3.05) is 12.4 Å². The van der Waals surface area contributed by atoms with Crippen LogP contribution in [0.25, 0.3) is 10.2 Å². The van der Waals surface area contributed by atoms with Crippen LogP contribution in [-0.4, -0.2) is 42.7 Å². The Morgan fingerprint density at radius 1 is 1.00 bits per heavy atom. The molecule has 0 fully saturated rings. The first-order valence-electron chi connectivity index (χ1n) is 11.1. The monoisotopic (exact) mass is 523 g/mol. The summed E-state index contributed by atoms with van der Waals surface area (Å²) >= 11 is 1.22. The summed E-state index contributed by atoms with van der Waals surface area (Å²) in [5.41, 5.74) is 2.21. The van der Waals surface area contributed by atoms with Gasteiger partial charge in [-0.3, -0.25) is 10.1 Å². The number of fused-ring (bicyclic) bond motifs is 1. The topological polar surface area (TPSA) is 106 Å². The van der Waals surface area contributed by atoms with Gasteiger partial charge in [-0.25, -0.2) is 18.2 Å². The van der Waals surface area contributed by atoms with Gasteiger partial charge in [0.15, 0.2) is 5.13 Å². The van der Waals surface area contributed by atoms with Crippen LogP contribution in [0.15, 0.2) is 77.7 Å². The van der Waals surface area contributed by atoms with Gasteiger partial charge in [0.05, 0.1) is 27.8 Å². The minimum Gasteiger partial charge on any atom is -0.465 e. The number of carbonyl (C=O) groups is 2. The van der Waals surface area contributed by atoms with Crippen molar-refractivity contribution in [3.8, 4) is 0 Å². The molecule has 4 rings (SSSR count). The van der Waals surface area contributed by atoms with E-state index in [0.717, 1.165) is 10.3 Å². The molecule has 0 aliphatic heterocycles. The van der Waals surface area contributed by atoms with Crippen molar-refractivity contribution in [3.05, 3.63) is 89.5 Å². The number of ether oxygens (including phenoxy) is 1. The third-order valence-corrected chi connectivity index (χ3v) is 8.48. The Labute approximate surface area is 213 Å². The van der Waals surface area contributed by atoms with Gasteiger partial charge in [0.1, 0.15) is 0 Å². The van der Waals surface area contributed by atoms with Crippen LogP contribution in [-0.2, 0) is 21.3 Å². The zero-order chi connectivity index (χ0) is 25.9. The average molecular weight is 524 g/mol. The van der Waals surface area contributed by atoms with E-state index in [1.165, 1.54) is 47.0 Å². The van der Waals surface area contributed by atoms with E-state index >= 15 is 0 Å². The summed E-state index contributed by atoms with van der Waals surface area (Å²) in [7, 11) is -2.47. The summed E-state index contributed by atoms with van der Waals surface area (Å²) < 4.78 is 33.6. The number of nitrogens with one attached hydrogen (secondary N) is 1. The van der Waals surface area contributed by atoms with Crippen LogP contribution in [0.2, 0.25) is 0 Å². The van der Waals surface area contributed by atoms with E-state index in [9.17, 15) is 18.0 Å². The van der Waals surface area contributed by atoms with Crippen LogP contribution in [0.3, 0.4) is 0 Å². The molecular formula is C26H25N3O5S2. The number of sulfonamides is 1. The van der Waals surface area contributed by atoms with Crippen molar-refractivity contribution < 1.29 is 22.7 Å². The summed E-state index contributed by atoms with van der Waals surface area (Å²) in [5, 5.41) is 3.10. The molecule has 0 aliphatic rings. The standard InChI is InChI=1S/C26H25N3O5S2/c1-17(2)29(16-18-7-5-4-6-8-18)36(32,33)21-12-9-19(10-13-21)24(30)28-26-27-22-14-11-20(25(31)34-3)15-23(22)35-26/h4-15,17H,16H2,1-3H3,(H,27,28,30). The Hall–Kier alpha value is -3.60. The quantitative estimate of drug-likeness (QED) is 0.328. The number of amides is 1. The van der Waals surface area contributed by atoms with Crippen LogP contribution in [0.5, 0.6) is 0 Å². The first kappa shape index (κ1) is 25.5. The van der Waals surface area contributed by atoms with Gasteiger partial charge in [0, 0.05) is 18.2 Å². The van der Waals surface area contributed by atoms with Gasteiger partial charge in [0.2, 0.25) is 10.0 Å². The Balaban J connectivity index is 1.51. The fraction of sp³-hybridized carbons (Fsp3) is 0.192. The van der Waals surface area contributed by atoms with Crippen LogP contribution in [0.1, 0.15) is 40.1 Å². The largest absolute Gasteiger partial charge is 0.465 e. The third kappa shape index (κ3) is 5.46. The Morgan fingerprint density at radius 3 is 2.31 bits per heavy atom. The van der Waals surface area contributed by atoms with Gasteiger partial charge in [-0.15, -0.1) is 0 Å². The molecule has 10 heteroatoms. The minimum atomic E-state index is -3.78. The predicted molar refractivity (Wildman–Crippen MR) is 140 cm³/mol. The lowest BCUT2D eigenvalue weighted by atomic mass is 10.2. The lowest BCUT2D eigenvalue weighted by Gasteiger charge is -2.26. The van der Waals surface area contributed by atoms with Crippen molar-refractivity contribution in [1.29, 1.82) is 0 Å². The number of carbonyl (C=O) groups excluding carboxylic acids is 2. The Kier molecular flexibility index (Phi) is 7.48. The number of aromatic nitrogens is 1. The molecule has 0 aliphatic carbocycles. The van der Waals surface area contributed by atoms with Crippen LogP contribution >= 0.6 is 11.3 Å². The fourth-order valence-electron chi connectivity index (χ4n) is 3.61. The first-order valence-corrected chi connectivity index (χ1v) is 13.4. The first-order chi connectivity index (χ1) is 17.2. The molecule has 1 N–H and O–H groups in total. The molecule has 36 heavy (non-hydrogen) atoms. The van der Waals surface area contributed by atoms with E-state index in [-0.39, 0.29) is 17.5 Å². The number of esters is 1. The number of rotatable bonds is 8. The normalized spacial score (nSPS) is 11.7. The second-order valence-corrected chi connectivity index (χ2v) is 11.2. The Morgan fingerprint density at radius 2 is 1.67 bits per heavy atom. The number of hydrogen-bond acceptors (Lipinski definition) is 7. The highest BCUT2D eigenvalue weighted by molar-refractivity contribution is 7.89. The number of anilines is 1. The molecule has 186 valence electrons. The predicted octanol–water partition coefficient (Wildman–Crippen LogP) is 4.93. The maximum atomic E-state index is 13.3. The van der Waals surface area contributed by atoms with Gasteiger partial charge in [-0.2, -0.15) is 4.31 Å². The van der Waals surface area contributed by atoms with Crippen molar-refractivity contribution in [3.63, 3.8) is 0 Å². The van der Waals surface area contributed by atoms with Gasteiger partial charge >= 0.3 is 5.97 Å². The number of thiazole rings is 1. The second kappa shape index (κ2) is 10.6. The molecule has 0 saturated heterocycles. The van der Waals surface area contributed by atoms with E-state index in [1.54, 1.807) is 18.2 Å². The molecule has 0 bridgehead atoms. The van der Waals surface area contributed by atoms with Gasteiger partial charge in [-0.05, 0) is 61.9 Å². The average Bonchev–Trinajstić information content (AvgIpc) is 3.28.